The first-order valence-electron chi connectivity index (χ1n) is 5.41. The van der Waals surface area contributed by atoms with Crippen LogP contribution < -0.4 is 10.1 Å². The van der Waals surface area contributed by atoms with Crippen molar-refractivity contribution in [2.45, 2.75) is 6.04 Å². The Kier molecular flexibility index (Phi) is 4.48. The van der Waals surface area contributed by atoms with Crippen molar-refractivity contribution in [2.24, 2.45) is 0 Å². The summed E-state index contributed by atoms with van der Waals surface area (Å²) in [6.07, 6.45) is 0. The predicted molar refractivity (Wildman–Crippen MR) is 78.0 cm³/mol. The lowest BCUT2D eigenvalue weighted by molar-refractivity contribution is 0.394. The molecule has 0 saturated heterocycles. The van der Waals surface area contributed by atoms with Gasteiger partial charge in [-0.05, 0) is 47.2 Å². The van der Waals surface area contributed by atoms with E-state index in [0.717, 1.165) is 21.5 Å². The second-order valence-corrected chi connectivity index (χ2v) is 5.45. The smallest absolute Gasteiger partial charge is 0.169 e. The van der Waals surface area contributed by atoms with Gasteiger partial charge in [-0.1, -0.05) is 22.0 Å². The van der Waals surface area contributed by atoms with E-state index in [4.69, 9.17) is 9.15 Å². The third-order valence-electron chi connectivity index (χ3n) is 2.67. The Morgan fingerprint density at radius 3 is 2.56 bits per heavy atom. The van der Waals surface area contributed by atoms with Crippen molar-refractivity contribution in [1.29, 1.82) is 0 Å². The minimum absolute atomic E-state index is 0.0423. The summed E-state index contributed by atoms with van der Waals surface area (Å²) in [5.74, 6) is 1.65. The fraction of sp³-hybridized carbons (Fsp3) is 0.231. The second kappa shape index (κ2) is 5.91. The SMILES string of the molecule is CNC(c1ccc(Br)o1)c1ccc(Br)cc1OC. The highest BCUT2D eigenvalue weighted by Gasteiger charge is 2.19. The van der Waals surface area contributed by atoms with Gasteiger partial charge in [0.2, 0.25) is 0 Å². The number of furan rings is 1. The molecule has 0 aliphatic carbocycles. The Hall–Kier alpha value is -0.780. The topological polar surface area (TPSA) is 34.4 Å². The molecule has 0 fully saturated rings. The molecule has 0 saturated carbocycles. The van der Waals surface area contributed by atoms with Crippen LogP contribution in [0.15, 0.2) is 43.9 Å². The van der Waals surface area contributed by atoms with Gasteiger partial charge in [0.05, 0.1) is 13.2 Å². The first-order chi connectivity index (χ1) is 8.65. The number of benzene rings is 1. The first kappa shape index (κ1) is 13.6. The fourth-order valence-corrected chi connectivity index (χ4v) is 2.52. The molecule has 3 nitrogen and oxygen atoms in total. The molecule has 1 aromatic heterocycles. The normalized spacial score (nSPS) is 12.4. The van der Waals surface area contributed by atoms with Gasteiger partial charge in [0.1, 0.15) is 11.5 Å². The molecule has 0 spiro atoms. The van der Waals surface area contributed by atoms with Gasteiger partial charge in [-0.15, -0.1) is 0 Å². The largest absolute Gasteiger partial charge is 0.496 e. The van der Waals surface area contributed by atoms with Crippen LogP contribution in [-0.4, -0.2) is 14.2 Å². The van der Waals surface area contributed by atoms with E-state index in [1.807, 2.05) is 37.4 Å². The molecule has 1 aromatic carbocycles. The molecule has 0 amide bonds. The molecule has 2 rings (SSSR count). The number of nitrogens with one attached hydrogen (secondary N) is 1. The van der Waals surface area contributed by atoms with Crippen molar-refractivity contribution < 1.29 is 9.15 Å². The van der Waals surface area contributed by atoms with Gasteiger partial charge in [0.15, 0.2) is 4.67 Å². The number of hydrogen-bond donors (Lipinski definition) is 1. The Bertz CT molecular complexity index is 540. The maximum Gasteiger partial charge on any atom is 0.169 e. The van der Waals surface area contributed by atoms with Crippen LogP contribution in [0.3, 0.4) is 0 Å². The lowest BCUT2D eigenvalue weighted by atomic mass is 10.0. The van der Waals surface area contributed by atoms with Crippen molar-refractivity contribution in [3.63, 3.8) is 0 Å². The van der Waals surface area contributed by atoms with Crippen molar-refractivity contribution in [3.8, 4) is 5.75 Å². The van der Waals surface area contributed by atoms with Crippen LogP contribution in [-0.2, 0) is 0 Å². The summed E-state index contributed by atoms with van der Waals surface area (Å²) in [7, 11) is 3.55. The molecule has 18 heavy (non-hydrogen) atoms. The second-order valence-electron chi connectivity index (χ2n) is 3.75. The summed E-state index contributed by atoms with van der Waals surface area (Å²) in [6, 6.07) is 9.72. The predicted octanol–water partition coefficient (Wildman–Crippen LogP) is 4.12. The lowest BCUT2D eigenvalue weighted by Crippen LogP contribution is -2.17. The van der Waals surface area contributed by atoms with Crippen molar-refractivity contribution >= 4 is 31.9 Å². The van der Waals surface area contributed by atoms with Gasteiger partial charge < -0.3 is 14.5 Å². The molecule has 1 N–H and O–H groups in total. The van der Waals surface area contributed by atoms with Crippen LogP contribution in [0.5, 0.6) is 5.75 Å². The zero-order valence-corrected chi connectivity index (χ0v) is 13.2. The summed E-state index contributed by atoms with van der Waals surface area (Å²) >= 11 is 6.75. The Balaban J connectivity index is 2.44. The van der Waals surface area contributed by atoms with Crippen LogP contribution in [0.25, 0.3) is 0 Å². The highest BCUT2D eigenvalue weighted by molar-refractivity contribution is 9.10. The van der Waals surface area contributed by atoms with E-state index in [9.17, 15) is 0 Å². The molecule has 96 valence electrons. The van der Waals surface area contributed by atoms with Crippen LogP contribution in [0.4, 0.5) is 0 Å². The van der Waals surface area contributed by atoms with Crippen molar-refractivity contribution in [3.05, 3.63) is 50.8 Å². The quantitative estimate of drug-likeness (QED) is 0.873. The summed E-state index contributed by atoms with van der Waals surface area (Å²) in [6.45, 7) is 0. The maximum absolute atomic E-state index is 5.61. The number of ether oxygens (including phenoxy) is 1. The summed E-state index contributed by atoms with van der Waals surface area (Å²) in [5, 5.41) is 3.23. The zero-order chi connectivity index (χ0) is 13.1. The Labute approximate surface area is 123 Å². The number of rotatable bonds is 4. The van der Waals surface area contributed by atoms with E-state index in [-0.39, 0.29) is 6.04 Å². The molecule has 1 atom stereocenters. The van der Waals surface area contributed by atoms with Crippen molar-refractivity contribution in [1.82, 2.24) is 5.32 Å². The molecule has 2 aromatic rings. The molecule has 1 heterocycles. The average Bonchev–Trinajstić information content (AvgIpc) is 2.78. The maximum atomic E-state index is 5.61. The van der Waals surface area contributed by atoms with Gasteiger partial charge in [-0.25, -0.2) is 0 Å². The standard InChI is InChI=1S/C13H13Br2NO2/c1-16-13(10-5-6-12(15)18-10)9-4-3-8(14)7-11(9)17-2/h3-7,13,16H,1-2H3. The van der Waals surface area contributed by atoms with Crippen LogP contribution >= 0.6 is 31.9 Å². The molecular weight excluding hydrogens is 362 g/mol. The van der Waals surface area contributed by atoms with Crippen LogP contribution in [0.2, 0.25) is 0 Å². The molecule has 0 radical (unpaired) electrons. The zero-order valence-electron chi connectivity index (χ0n) is 10.0. The Morgan fingerprint density at radius 1 is 1.22 bits per heavy atom. The number of methoxy groups -OCH3 is 1. The lowest BCUT2D eigenvalue weighted by Gasteiger charge is -2.17. The first-order valence-corrected chi connectivity index (χ1v) is 7.00. The minimum atomic E-state index is -0.0423. The van der Waals surface area contributed by atoms with Gasteiger partial charge in [0.25, 0.3) is 0 Å². The molecule has 0 bridgehead atoms. The van der Waals surface area contributed by atoms with E-state index in [1.54, 1.807) is 7.11 Å². The Morgan fingerprint density at radius 2 is 2.00 bits per heavy atom. The van der Waals surface area contributed by atoms with Gasteiger partial charge >= 0.3 is 0 Å². The van der Waals surface area contributed by atoms with Crippen molar-refractivity contribution in [2.75, 3.05) is 14.2 Å². The van der Waals surface area contributed by atoms with Crippen LogP contribution in [0, 0.1) is 0 Å². The van der Waals surface area contributed by atoms with Gasteiger partial charge in [-0.2, -0.15) is 0 Å². The highest BCUT2D eigenvalue weighted by atomic mass is 79.9. The minimum Gasteiger partial charge on any atom is -0.496 e. The number of halogens is 2. The van der Waals surface area contributed by atoms with E-state index >= 15 is 0 Å². The molecule has 5 heteroatoms. The van der Waals surface area contributed by atoms with E-state index in [0.29, 0.717) is 4.67 Å². The van der Waals surface area contributed by atoms with E-state index in [1.165, 1.54) is 0 Å². The third kappa shape index (κ3) is 2.79. The third-order valence-corrected chi connectivity index (χ3v) is 3.59. The number of hydrogen-bond acceptors (Lipinski definition) is 3. The monoisotopic (exact) mass is 373 g/mol. The van der Waals surface area contributed by atoms with Gasteiger partial charge in [0, 0.05) is 10.0 Å². The highest BCUT2D eigenvalue weighted by Crippen LogP contribution is 2.33. The van der Waals surface area contributed by atoms with Gasteiger partial charge in [-0.3, -0.25) is 0 Å². The average molecular weight is 375 g/mol. The fourth-order valence-electron chi connectivity index (χ4n) is 1.86. The van der Waals surface area contributed by atoms with E-state index < -0.39 is 0 Å². The summed E-state index contributed by atoms with van der Waals surface area (Å²) in [4.78, 5) is 0. The summed E-state index contributed by atoms with van der Waals surface area (Å²) < 4.78 is 12.7. The molecule has 0 aliphatic rings. The molecule has 1 unspecified atom stereocenters. The molecule has 0 aliphatic heterocycles. The molecular formula is C13H13Br2NO2. The van der Waals surface area contributed by atoms with Crippen LogP contribution in [0.1, 0.15) is 17.4 Å². The summed E-state index contributed by atoms with van der Waals surface area (Å²) in [5.41, 5.74) is 1.03. The van der Waals surface area contributed by atoms with E-state index in [2.05, 4.69) is 37.2 Å².